The van der Waals surface area contributed by atoms with Crippen LogP contribution in [0.3, 0.4) is 0 Å². The summed E-state index contributed by atoms with van der Waals surface area (Å²) in [6.45, 7) is 5.62. The molecule has 0 aromatic heterocycles. The van der Waals surface area contributed by atoms with Crippen molar-refractivity contribution in [3.8, 4) is 0 Å². The Morgan fingerprint density at radius 3 is 2.38 bits per heavy atom. The van der Waals surface area contributed by atoms with E-state index < -0.39 is 41.7 Å². The predicted molar refractivity (Wildman–Crippen MR) is 99.8 cm³/mol. The fourth-order valence-corrected chi connectivity index (χ4v) is 4.74. The first kappa shape index (κ1) is 21.1. The van der Waals surface area contributed by atoms with E-state index in [9.17, 15) is 27.6 Å². The van der Waals surface area contributed by atoms with Crippen LogP contribution in [0, 0.1) is 11.3 Å². The topological polar surface area (TPSA) is 78.5 Å². The Balaban J connectivity index is 1.68. The lowest BCUT2D eigenvalue weighted by Gasteiger charge is -2.43. The number of rotatable bonds is 3. The summed E-state index contributed by atoms with van der Waals surface area (Å²) in [7, 11) is 0. The summed E-state index contributed by atoms with van der Waals surface area (Å²) in [5.41, 5.74) is -1.82. The van der Waals surface area contributed by atoms with E-state index in [4.69, 9.17) is 0 Å². The molecule has 29 heavy (non-hydrogen) atoms. The molecule has 6 nitrogen and oxygen atoms in total. The first-order valence-electron chi connectivity index (χ1n) is 9.43. The van der Waals surface area contributed by atoms with E-state index in [1.54, 1.807) is 0 Å². The number of hydrogen-bond acceptors (Lipinski definition) is 3. The second-order valence-electron chi connectivity index (χ2n) is 8.88. The van der Waals surface area contributed by atoms with Gasteiger partial charge in [0.2, 0.25) is 5.91 Å². The van der Waals surface area contributed by atoms with Gasteiger partial charge >= 0.3 is 12.2 Å². The third-order valence-corrected chi connectivity index (χ3v) is 5.42. The molecule has 1 aliphatic carbocycles. The lowest BCUT2D eigenvalue weighted by atomic mass is 9.64. The summed E-state index contributed by atoms with van der Waals surface area (Å²) in [5, 5.41) is 5.21. The number of halogens is 3. The zero-order valence-corrected chi connectivity index (χ0v) is 16.5. The van der Waals surface area contributed by atoms with Gasteiger partial charge in [-0.1, -0.05) is 20.8 Å². The van der Waals surface area contributed by atoms with Crippen LogP contribution in [0.2, 0.25) is 0 Å². The Hall–Kier alpha value is -2.58. The van der Waals surface area contributed by atoms with Gasteiger partial charge in [-0.2, -0.15) is 13.2 Å². The quantitative estimate of drug-likeness (QED) is 0.743. The van der Waals surface area contributed by atoms with Crippen molar-refractivity contribution in [3.05, 3.63) is 29.8 Å². The van der Waals surface area contributed by atoms with Crippen LogP contribution in [0.5, 0.6) is 0 Å². The van der Waals surface area contributed by atoms with E-state index in [0.717, 1.165) is 35.6 Å². The number of imide groups is 1. The number of carbonyl (C=O) groups is 3. The molecular formula is C20H24F3N3O3. The molecule has 1 saturated carbocycles. The van der Waals surface area contributed by atoms with Crippen LogP contribution in [-0.2, 0) is 15.8 Å². The molecule has 0 bridgehead atoms. The number of hydrogen-bond donors (Lipinski definition) is 2. The van der Waals surface area contributed by atoms with Gasteiger partial charge in [-0.15, -0.1) is 0 Å². The predicted octanol–water partition coefficient (Wildman–Crippen LogP) is 3.78. The third kappa shape index (κ3) is 4.38. The lowest BCUT2D eigenvalue weighted by molar-refractivity contribution is -0.137. The van der Waals surface area contributed by atoms with E-state index in [-0.39, 0.29) is 17.0 Å². The Morgan fingerprint density at radius 2 is 1.83 bits per heavy atom. The van der Waals surface area contributed by atoms with Gasteiger partial charge in [0.1, 0.15) is 12.1 Å². The van der Waals surface area contributed by atoms with Crippen LogP contribution in [0.25, 0.3) is 0 Å². The van der Waals surface area contributed by atoms with Crippen molar-refractivity contribution in [2.75, 3.05) is 11.9 Å². The van der Waals surface area contributed by atoms with E-state index in [1.165, 1.54) is 0 Å². The molecule has 1 aromatic carbocycles. The van der Waals surface area contributed by atoms with Crippen molar-refractivity contribution in [1.29, 1.82) is 0 Å². The highest BCUT2D eigenvalue weighted by molar-refractivity contribution is 6.10. The van der Waals surface area contributed by atoms with Gasteiger partial charge in [0.25, 0.3) is 5.91 Å². The number of benzene rings is 1. The molecule has 1 aromatic rings. The third-order valence-electron chi connectivity index (χ3n) is 5.42. The molecular weight excluding hydrogens is 387 g/mol. The minimum atomic E-state index is -4.47. The van der Waals surface area contributed by atoms with Gasteiger partial charge in [-0.05, 0) is 54.9 Å². The average molecular weight is 411 g/mol. The van der Waals surface area contributed by atoms with Gasteiger partial charge < -0.3 is 10.6 Å². The highest BCUT2D eigenvalue weighted by Gasteiger charge is 2.56. The molecule has 2 atom stereocenters. The summed E-state index contributed by atoms with van der Waals surface area (Å²) in [6, 6.07) is 3.33. The number of amides is 4. The molecule has 1 spiro atoms. The number of urea groups is 1. The number of nitrogens with one attached hydrogen (secondary N) is 2. The van der Waals surface area contributed by atoms with Gasteiger partial charge in [0, 0.05) is 5.69 Å². The maximum atomic E-state index is 13.0. The molecule has 2 fully saturated rings. The number of nitrogens with zero attached hydrogens (tertiary/aromatic N) is 1. The van der Waals surface area contributed by atoms with Gasteiger partial charge in [-0.3, -0.25) is 14.5 Å². The first-order chi connectivity index (χ1) is 13.3. The van der Waals surface area contributed by atoms with Crippen molar-refractivity contribution >= 4 is 23.5 Å². The summed E-state index contributed by atoms with van der Waals surface area (Å²) >= 11 is 0. The maximum Gasteiger partial charge on any atom is 0.416 e. The van der Waals surface area contributed by atoms with Crippen molar-refractivity contribution in [3.63, 3.8) is 0 Å². The highest BCUT2D eigenvalue weighted by atomic mass is 19.4. The smallest absolute Gasteiger partial charge is 0.325 e. The van der Waals surface area contributed by atoms with Crippen LogP contribution >= 0.6 is 0 Å². The van der Waals surface area contributed by atoms with Crippen molar-refractivity contribution in [2.45, 2.75) is 51.7 Å². The molecule has 1 aliphatic heterocycles. The van der Waals surface area contributed by atoms with Crippen LogP contribution in [0.15, 0.2) is 24.3 Å². The van der Waals surface area contributed by atoms with Crippen molar-refractivity contribution in [2.24, 2.45) is 11.3 Å². The Kier molecular flexibility index (Phi) is 5.13. The van der Waals surface area contributed by atoms with E-state index >= 15 is 0 Å². The zero-order valence-electron chi connectivity index (χ0n) is 16.5. The van der Waals surface area contributed by atoms with Crippen LogP contribution in [0.4, 0.5) is 23.7 Å². The maximum absolute atomic E-state index is 13.0. The summed E-state index contributed by atoms with van der Waals surface area (Å²) in [6.07, 6.45) is -2.53. The lowest BCUT2D eigenvalue weighted by Crippen LogP contribution is -2.54. The highest BCUT2D eigenvalue weighted by Crippen LogP contribution is 2.46. The molecule has 1 saturated heterocycles. The average Bonchev–Trinajstić information content (AvgIpc) is 2.76. The number of carbonyl (C=O) groups excluding carboxylic acids is 3. The Morgan fingerprint density at radius 1 is 1.21 bits per heavy atom. The second-order valence-corrected chi connectivity index (χ2v) is 8.88. The summed E-state index contributed by atoms with van der Waals surface area (Å²) in [5.74, 6) is -0.845. The molecule has 9 heteroatoms. The van der Waals surface area contributed by atoms with E-state index in [1.807, 2.05) is 20.8 Å². The Labute approximate surface area is 166 Å². The second kappa shape index (κ2) is 7.03. The molecule has 0 unspecified atom stereocenters. The normalized spacial score (nSPS) is 26.6. The number of alkyl halides is 3. The molecule has 0 radical (unpaired) electrons. The molecule has 2 aliphatic rings. The van der Waals surface area contributed by atoms with Crippen LogP contribution in [-0.4, -0.2) is 34.8 Å². The van der Waals surface area contributed by atoms with E-state index in [2.05, 4.69) is 10.6 Å². The fourth-order valence-electron chi connectivity index (χ4n) is 4.74. The minimum absolute atomic E-state index is 0.126. The number of anilines is 1. The Bertz CT molecular complexity index is 836. The minimum Gasteiger partial charge on any atom is -0.325 e. The van der Waals surface area contributed by atoms with Crippen molar-refractivity contribution < 1.29 is 27.6 Å². The van der Waals surface area contributed by atoms with Gasteiger partial charge in [0.15, 0.2) is 0 Å². The van der Waals surface area contributed by atoms with Crippen molar-refractivity contribution in [1.82, 2.24) is 10.2 Å². The first-order valence-corrected chi connectivity index (χ1v) is 9.43. The SMILES string of the molecule is C[C@@H]1CC(C)(C)C[C@@]2(C1)NC(=O)N(CC(=O)Nc1ccc(C(F)(F)F)cc1)C2=O. The summed E-state index contributed by atoms with van der Waals surface area (Å²) < 4.78 is 37.9. The molecule has 4 amide bonds. The standard InChI is InChI=1S/C20H24F3N3O3/c1-12-8-18(2,3)11-19(9-12)16(28)26(17(29)25-19)10-15(27)24-14-6-4-13(5-7-14)20(21,22)23/h4-7,12H,8-11H2,1-3H3,(H,24,27)(H,25,29)/t12-,19-/m1/s1. The van der Waals surface area contributed by atoms with Gasteiger partial charge in [-0.25, -0.2) is 4.79 Å². The zero-order chi connectivity index (χ0) is 21.6. The molecule has 2 N–H and O–H groups in total. The molecule has 3 rings (SSSR count). The molecule has 1 heterocycles. The fraction of sp³-hybridized carbons (Fsp3) is 0.550. The van der Waals surface area contributed by atoms with Crippen LogP contribution in [0.1, 0.15) is 45.6 Å². The van der Waals surface area contributed by atoms with Crippen LogP contribution < -0.4 is 10.6 Å². The molecule has 158 valence electrons. The largest absolute Gasteiger partial charge is 0.416 e. The summed E-state index contributed by atoms with van der Waals surface area (Å²) in [4.78, 5) is 38.6. The monoisotopic (exact) mass is 411 g/mol. The van der Waals surface area contributed by atoms with E-state index in [0.29, 0.717) is 12.8 Å². The van der Waals surface area contributed by atoms with Gasteiger partial charge in [0.05, 0.1) is 5.56 Å².